The van der Waals surface area contributed by atoms with Crippen LogP contribution in [0.15, 0.2) is 30.3 Å². The molecule has 0 saturated carbocycles. The van der Waals surface area contributed by atoms with Gasteiger partial charge in [0.1, 0.15) is 6.04 Å². The number of rotatable bonds is 10. The number of hydrogen-bond acceptors (Lipinski definition) is 3. The molecular formula is C19H30N2O3. The Morgan fingerprint density at radius 1 is 1.08 bits per heavy atom. The maximum absolute atomic E-state index is 12.6. The lowest BCUT2D eigenvalue weighted by molar-refractivity contribution is -0.142. The van der Waals surface area contributed by atoms with Gasteiger partial charge >= 0.3 is 12.0 Å². The number of ether oxygens (including phenoxy) is 1. The number of amides is 2. The first-order valence-electron chi connectivity index (χ1n) is 8.79. The number of unbranched alkanes of at least 4 members (excludes halogenated alkanes) is 2. The highest BCUT2D eigenvalue weighted by molar-refractivity contribution is 5.83. The molecule has 0 bridgehead atoms. The van der Waals surface area contributed by atoms with Gasteiger partial charge in [-0.25, -0.2) is 9.59 Å². The van der Waals surface area contributed by atoms with Gasteiger partial charge in [-0.1, -0.05) is 57.0 Å². The Hall–Kier alpha value is -2.04. The standard InChI is InChI=1S/C19H30N2O3/c1-4-6-13-21(14-7-5-2)19(23)20-17(18(22)24-3)15-16-11-9-8-10-12-16/h8-12,17H,4-7,13-15H2,1-3H3,(H,20,23). The van der Waals surface area contributed by atoms with E-state index in [-0.39, 0.29) is 6.03 Å². The number of urea groups is 1. The van der Waals surface area contributed by atoms with Crippen LogP contribution < -0.4 is 5.32 Å². The van der Waals surface area contributed by atoms with Gasteiger partial charge in [-0.05, 0) is 18.4 Å². The lowest BCUT2D eigenvalue weighted by atomic mass is 10.1. The molecule has 1 N–H and O–H groups in total. The molecule has 0 aromatic heterocycles. The zero-order valence-electron chi connectivity index (χ0n) is 15.1. The summed E-state index contributed by atoms with van der Waals surface area (Å²) >= 11 is 0. The maximum atomic E-state index is 12.6. The highest BCUT2D eigenvalue weighted by Gasteiger charge is 2.24. The van der Waals surface area contributed by atoms with E-state index in [2.05, 4.69) is 19.2 Å². The molecule has 2 amide bonds. The average molecular weight is 334 g/mol. The van der Waals surface area contributed by atoms with E-state index in [1.165, 1.54) is 7.11 Å². The van der Waals surface area contributed by atoms with Crippen molar-refractivity contribution >= 4 is 12.0 Å². The van der Waals surface area contributed by atoms with Crippen LogP contribution in [0.3, 0.4) is 0 Å². The minimum atomic E-state index is -0.671. The molecule has 1 unspecified atom stereocenters. The first kappa shape index (κ1) is 20.0. The second kappa shape index (κ2) is 11.5. The van der Waals surface area contributed by atoms with Crippen LogP contribution in [0.5, 0.6) is 0 Å². The largest absolute Gasteiger partial charge is 0.467 e. The Balaban J connectivity index is 2.74. The van der Waals surface area contributed by atoms with Crippen molar-refractivity contribution in [1.29, 1.82) is 0 Å². The van der Waals surface area contributed by atoms with Crippen molar-refractivity contribution in [3.63, 3.8) is 0 Å². The van der Waals surface area contributed by atoms with Gasteiger partial charge in [0.15, 0.2) is 0 Å². The fourth-order valence-corrected chi connectivity index (χ4v) is 2.44. The van der Waals surface area contributed by atoms with Crippen LogP contribution in [0.25, 0.3) is 0 Å². The Kier molecular flexibility index (Phi) is 9.58. The van der Waals surface area contributed by atoms with Crippen LogP contribution in [-0.4, -0.2) is 43.1 Å². The fraction of sp³-hybridized carbons (Fsp3) is 0.579. The normalized spacial score (nSPS) is 11.6. The van der Waals surface area contributed by atoms with Gasteiger partial charge in [-0.3, -0.25) is 0 Å². The lowest BCUT2D eigenvalue weighted by Crippen LogP contribution is -2.49. The van der Waals surface area contributed by atoms with Gasteiger partial charge < -0.3 is 15.0 Å². The molecule has 0 spiro atoms. The number of hydrogen-bond donors (Lipinski definition) is 1. The van der Waals surface area contributed by atoms with Crippen molar-refractivity contribution in [2.75, 3.05) is 20.2 Å². The van der Waals surface area contributed by atoms with E-state index in [0.29, 0.717) is 19.5 Å². The Bertz CT molecular complexity index is 483. The molecule has 1 aromatic rings. The van der Waals surface area contributed by atoms with E-state index < -0.39 is 12.0 Å². The summed E-state index contributed by atoms with van der Waals surface area (Å²) in [6.45, 7) is 5.62. The minimum Gasteiger partial charge on any atom is -0.467 e. The van der Waals surface area contributed by atoms with E-state index in [1.807, 2.05) is 30.3 Å². The first-order valence-corrected chi connectivity index (χ1v) is 8.79. The Labute approximate surface area is 145 Å². The van der Waals surface area contributed by atoms with Gasteiger partial charge in [0, 0.05) is 19.5 Å². The second-order valence-electron chi connectivity index (χ2n) is 5.91. The number of carbonyl (C=O) groups is 2. The maximum Gasteiger partial charge on any atom is 0.328 e. The minimum absolute atomic E-state index is 0.191. The van der Waals surface area contributed by atoms with Gasteiger partial charge in [-0.15, -0.1) is 0 Å². The van der Waals surface area contributed by atoms with E-state index in [9.17, 15) is 9.59 Å². The molecule has 0 saturated heterocycles. The third kappa shape index (κ3) is 7.02. The summed E-state index contributed by atoms with van der Waals surface area (Å²) in [4.78, 5) is 26.4. The van der Waals surface area contributed by atoms with Gasteiger partial charge in [-0.2, -0.15) is 0 Å². The molecule has 1 rings (SSSR count). The van der Waals surface area contributed by atoms with Crippen molar-refractivity contribution < 1.29 is 14.3 Å². The molecular weight excluding hydrogens is 304 g/mol. The van der Waals surface area contributed by atoms with Crippen molar-refractivity contribution in [3.05, 3.63) is 35.9 Å². The average Bonchev–Trinajstić information content (AvgIpc) is 2.61. The Morgan fingerprint density at radius 3 is 2.17 bits per heavy atom. The predicted molar refractivity (Wildman–Crippen MR) is 95.9 cm³/mol. The zero-order chi connectivity index (χ0) is 17.8. The predicted octanol–water partition coefficient (Wildman–Crippen LogP) is 3.38. The van der Waals surface area contributed by atoms with Crippen LogP contribution >= 0.6 is 0 Å². The first-order chi connectivity index (χ1) is 11.6. The highest BCUT2D eigenvalue weighted by atomic mass is 16.5. The molecule has 0 aliphatic carbocycles. The molecule has 134 valence electrons. The summed E-state index contributed by atoms with van der Waals surface area (Å²) in [6, 6.07) is 8.77. The van der Waals surface area contributed by atoms with Crippen LogP contribution in [-0.2, 0) is 16.0 Å². The monoisotopic (exact) mass is 334 g/mol. The molecule has 0 heterocycles. The number of esters is 1. The molecule has 0 radical (unpaired) electrons. The summed E-state index contributed by atoms with van der Waals surface area (Å²) in [7, 11) is 1.35. The number of carbonyl (C=O) groups excluding carboxylic acids is 2. The van der Waals surface area contributed by atoms with Gasteiger partial charge in [0.25, 0.3) is 0 Å². The summed E-state index contributed by atoms with van der Waals surface area (Å²) in [5, 5.41) is 2.85. The lowest BCUT2D eigenvalue weighted by Gasteiger charge is -2.25. The Morgan fingerprint density at radius 2 is 1.67 bits per heavy atom. The number of benzene rings is 1. The van der Waals surface area contributed by atoms with E-state index in [4.69, 9.17) is 4.74 Å². The topological polar surface area (TPSA) is 58.6 Å². The summed E-state index contributed by atoms with van der Waals surface area (Å²) in [5.74, 6) is -0.418. The SMILES string of the molecule is CCCCN(CCCC)C(=O)NC(Cc1ccccc1)C(=O)OC. The summed E-state index contributed by atoms with van der Waals surface area (Å²) in [5.41, 5.74) is 0.988. The number of nitrogens with one attached hydrogen (secondary N) is 1. The van der Waals surface area contributed by atoms with Crippen molar-refractivity contribution in [2.24, 2.45) is 0 Å². The molecule has 1 atom stereocenters. The summed E-state index contributed by atoms with van der Waals surface area (Å²) < 4.78 is 4.86. The molecule has 0 aliphatic rings. The van der Waals surface area contributed by atoms with Crippen LogP contribution in [0.2, 0.25) is 0 Å². The fourth-order valence-electron chi connectivity index (χ4n) is 2.44. The van der Waals surface area contributed by atoms with E-state index >= 15 is 0 Å². The third-order valence-corrected chi connectivity index (χ3v) is 3.92. The number of nitrogens with zero attached hydrogens (tertiary/aromatic N) is 1. The van der Waals surface area contributed by atoms with Crippen LogP contribution in [0.1, 0.15) is 45.1 Å². The summed E-state index contributed by atoms with van der Waals surface area (Å²) in [6.07, 6.45) is 4.40. The molecule has 5 heteroatoms. The number of methoxy groups -OCH3 is 1. The smallest absolute Gasteiger partial charge is 0.328 e. The van der Waals surface area contributed by atoms with Crippen molar-refractivity contribution in [3.8, 4) is 0 Å². The van der Waals surface area contributed by atoms with Crippen molar-refractivity contribution in [1.82, 2.24) is 10.2 Å². The molecule has 5 nitrogen and oxygen atoms in total. The van der Waals surface area contributed by atoms with Crippen molar-refractivity contribution in [2.45, 2.75) is 52.0 Å². The third-order valence-electron chi connectivity index (χ3n) is 3.92. The van der Waals surface area contributed by atoms with Crippen LogP contribution in [0, 0.1) is 0 Å². The van der Waals surface area contributed by atoms with Gasteiger partial charge in [0.05, 0.1) is 7.11 Å². The van der Waals surface area contributed by atoms with E-state index in [0.717, 1.165) is 31.2 Å². The second-order valence-corrected chi connectivity index (χ2v) is 5.91. The highest BCUT2D eigenvalue weighted by Crippen LogP contribution is 2.06. The molecule has 24 heavy (non-hydrogen) atoms. The quantitative estimate of drug-likeness (QED) is 0.667. The molecule has 0 fully saturated rings. The van der Waals surface area contributed by atoms with Crippen LogP contribution in [0.4, 0.5) is 4.79 Å². The van der Waals surface area contributed by atoms with E-state index in [1.54, 1.807) is 4.90 Å². The molecule has 0 aliphatic heterocycles. The molecule has 1 aromatic carbocycles. The zero-order valence-corrected chi connectivity index (χ0v) is 15.1. The van der Waals surface area contributed by atoms with Gasteiger partial charge in [0.2, 0.25) is 0 Å².